The molecule has 4 N–H and O–H groups in total. The highest BCUT2D eigenvalue weighted by molar-refractivity contribution is 5.78. The normalized spacial score (nSPS) is 13.6. The summed E-state index contributed by atoms with van der Waals surface area (Å²) in [6.07, 6.45) is -1.27. The fourth-order valence-corrected chi connectivity index (χ4v) is 2.06. The smallest absolute Gasteiger partial charge is 0.247 e. The molecule has 4 nitrogen and oxygen atoms in total. The molecule has 0 spiro atoms. The second-order valence-electron chi connectivity index (χ2n) is 4.72. The van der Waals surface area contributed by atoms with Gasteiger partial charge in [0.1, 0.15) is 11.9 Å². The third-order valence-electron chi connectivity index (χ3n) is 3.18. The number of carbonyl (C=O) groups excluding carboxylic acids is 1. The Morgan fingerprint density at radius 1 is 1.10 bits per heavy atom. The number of aliphatic hydroxyl groups is 1. The molecule has 0 saturated heterocycles. The van der Waals surface area contributed by atoms with E-state index in [-0.39, 0.29) is 18.4 Å². The second-order valence-corrected chi connectivity index (χ2v) is 4.72. The Kier molecular flexibility index (Phi) is 5.03. The topological polar surface area (TPSA) is 75.4 Å². The Balaban J connectivity index is 2.22. The molecular weight excluding hydrogens is 271 g/mol. The minimum absolute atomic E-state index is 0.0201. The van der Waals surface area contributed by atoms with E-state index in [9.17, 15) is 14.3 Å². The zero-order chi connectivity index (χ0) is 15.2. The van der Waals surface area contributed by atoms with Crippen molar-refractivity contribution >= 4 is 5.91 Å². The Bertz CT molecular complexity index is 587. The minimum Gasteiger partial charge on any atom is -0.382 e. The summed E-state index contributed by atoms with van der Waals surface area (Å²) < 4.78 is 13.1. The number of aliphatic hydroxyl groups excluding tert-OH is 1. The molecule has 0 heterocycles. The third kappa shape index (κ3) is 4.11. The summed E-state index contributed by atoms with van der Waals surface area (Å²) in [5.74, 6) is -1.10. The Labute approximate surface area is 122 Å². The highest BCUT2D eigenvalue weighted by Crippen LogP contribution is 2.22. The molecule has 0 bridgehead atoms. The van der Waals surface area contributed by atoms with Crippen LogP contribution in [0.2, 0.25) is 0 Å². The number of hydrogen-bond acceptors (Lipinski definition) is 3. The number of nitrogens with two attached hydrogens (primary N) is 1. The van der Waals surface area contributed by atoms with E-state index < -0.39 is 12.0 Å². The molecule has 0 aromatic heterocycles. The molecule has 0 aliphatic rings. The molecule has 2 rings (SSSR count). The zero-order valence-corrected chi connectivity index (χ0v) is 11.4. The van der Waals surface area contributed by atoms with Gasteiger partial charge in [0.2, 0.25) is 5.91 Å². The fraction of sp³-hybridized carbons (Fsp3) is 0.188. The van der Waals surface area contributed by atoms with Crippen molar-refractivity contribution in [3.05, 3.63) is 71.5 Å². The van der Waals surface area contributed by atoms with Gasteiger partial charge in [-0.1, -0.05) is 42.5 Å². The average Bonchev–Trinajstić information content (AvgIpc) is 2.50. The summed E-state index contributed by atoms with van der Waals surface area (Å²) in [6.45, 7) is 0.0201. The van der Waals surface area contributed by atoms with E-state index in [1.807, 2.05) is 30.3 Å². The number of primary amides is 1. The minimum atomic E-state index is -1.27. The largest absolute Gasteiger partial charge is 0.382 e. The van der Waals surface area contributed by atoms with Crippen LogP contribution in [0.15, 0.2) is 54.6 Å². The molecular formula is C16H17FN2O2. The second kappa shape index (κ2) is 6.97. The Morgan fingerprint density at radius 3 is 2.24 bits per heavy atom. The van der Waals surface area contributed by atoms with E-state index >= 15 is 0 Å². The van der Waals surface area contributed by atoms with Crippen LogP contribution in [0.5, 0.6) is 0 Å². The standard InChI is InChI=1S/C16H17FN2O2/c17-13-8-6-12(7-9-13)15(11-4-2-1-3-5-11)19-10-14(20)16(18)21/h1-9,14-15,19-20H,10H2,(H2,18,21). The number of benzene rings is 2. The first kappa shape index (κ1) is 15.2. The van der Waals surface area contributed by atoms with Crippen LogP contribution in [0.4, 0.5) is 4.39 Å². The van der Waals surface area contributed by atoms with E-state index in [4.69, 9.17) is 5.73 Å². The molecule has 2 aromatic carbocycles. The molecule has 5 heteroatoms. The number of amides is 1. The first-order chi connectivity index (χ1) is 10.1. The maximum Gasteiger partial charge on any atom is 0.247 e. The van der Waals surface area contributed by atoms with Crippen LogP contribution >= 0.6 is 0 Å². The Hall–Kier alpha value is -2.24. The Morgan fingerprint density at radius 2 is 1.67 bits per heavy atom. The monoisotopic (exact) mass is 288 g/mol. The van der Waals surface area contributed by atoms with Gasteiger partial charge in [0.15, 0.2) is 0 Å². The van der Waals surface area contributed by atoms with Gasteiger partial charge in [0.25, 0.3) is 0 Å². The molecule has 21 heavy (non-hydrogen) atoms. The summed E-state index contributed by atoms with van der Waals surface area (Å²) in [7, 11) is 0. The molecule has 2 aromatic rings. The van der Waals surface area contributed by atoms with Crippen molar-refractivity contribution in [1.29, 1.82) is 0 Å². The maximum atomic E-state index is 13.1. The van der Waals surface area contributed by atoms with E-state index in [2.05, 4.69) is 5.32 Å². The van der Waals surface area contributed by atoms with Gasteiger partial charge in [-0.05, 0) is 23.3 Å². The lowest BCUT2D eigenvalue weighted by atomic mass is 9.98. The number of halogens is 1. The van der Waals surface area contributed by atoms with Gasteiger partial charge in [-0.15, -0.1) is 0 Å². The van der Waals surface area contributed by atoms with Gasteiger partial charge in [0, 0.05) is 6.54 Å². The van der Waals surface area contributed by atoms with Crippen molar-refractivity contribution in [2.24, 2.45) is 5.73 Å². The molecule has 0 saturated carbocycles. The molecule has 0 fully saturated rings. The fourth-order valence-electron chi connectivity index (χ4n) is 2.06. The first-order valence-electron chi connectivity index (χ1n) is 6.59. The van der Waals surface area contributed by atoms with Crippen molar-refractivity contribution in [3.8, 4) is 0 Å². The van der Waals surface area contributed by atoms with Crippen LogP contribution in [0.25, 0.3) is 0 Å². The quantitative estimate of drug-likeness (QED) is 0.751. The van der Waals surface area contributed by atoms with Crippen molar-refractivity contribution in [1.82, 2.24) is 5.32 Å². The van der Waals surface area contributed by atoms with Gasteiger partial charge in [-0.25, -0.2) is 4.39 Å². The van der Waals surface area contributed by atoms with Gasteiger partial charge in [0.05, 0.1) is 6.04 Å². The zero-order valence-electron chi connectivity index (χ0n) is 11.4. The number of nitrogens with one attached hydrogen (secondary N) is 1. The van der Waals surface area contributed by atoms with Gasteiger partial charge < -0.3 is 16.2 Å². The van der Waals surface area contributed by atoms with Crippen molar-refractivity contribution < 1.29 is 14.3 Å². The predicted molar refractivity (Wildman–Crippen MR) is 77.9 cm³/mol. The molecule has 2 atom stereocenters. The van der Waals surface area contributed by atoms with Gasteiger partial charge in [-0.3, -0.25) is 4.79 Å². The third-order valence-corrected chi connectivity index (χ3v) is 3.18. The van der Waals surface area contributed by atoms with E-state index in [1.165, 1.54) is 12.1 Å². The van der Waals surface area contributed by atoms with Crippen LogP contribution in [0.1, 0.15) is 17.2 Å². The highest BCUT2D eigenvalue weighted by atomic mass is 19.1. The molecule has 0 aliphatic heterocycles. The van der Waals surface area contributed by atoms with E-state index in [0.717, 1.165) is 11.1 Å². The van der Waals surface area contributed by atoms with Crippen molar-refractivity contribution in [2.75, 3.05) is 6.54 Å². The molecule has 0 radical (unpaired) electrons. The lowest BCUT2D eigenvalue weighted by molar-refractivity contribution is -0.125. The van der Waals surface area contributed by atoms with Crippen molar-refractivity contribution in [2.45, 2.75) is 12.1 Å². The summed E-state index contributed by atoms with van der Waals surface area (Å²) in [4.78, 5) is 10.9. The number of carbonyl (C=O) groups is 1. The van der Waals surface area contributed by atoms with Gasteiger partial charge in [-0.2, -0.15) is 0 Å². The van der Waals surface area contributed by atoms with Crippen LogP contribution in [-0.2, 0) is 4.79 Å². The lowest BCUT2D eigenvalue weighted by Crippen LogP contribution is -2.39. The van der Waals surface area contributed by atoms with Crippen molar-refractivity contribution in [3.63, 3.8) is 0 Å². The molecule has 2 unspecified atom stereocenters. The summed E-state index contributed by atoms with van der Waals surface area (Å²) in [6, 6.07) is 15.3. The average molecular weight is 288 g/mol. The molecule has 1 amide bonds. The first-order valence-corrected chi connectivity index (χ1v) is 6.59. The van der Waals surface area contributed by atoms with Gasteiger partial charge >= 0.3 is 0 Å². The summed E-state index contributed by atoms with van der Waals surface area (Å²) >= 11 is 0. The molecule has 0 aliphatic carbocycles. The van der Waals surface area contributed by atoms with Crippen LogP contribution in [0.3, 0.4) is 0 Å². The SMILES string of the molecule is NC(=O)C(O)CNC(c1ccccc1)c1ccc(F)cc1. The number of rotatable bonds is 6. The highest BCUT2D eigenvalue weighted by Gasteiger charge is 2.17. The number of hydrogen-bond donors (Lipinski definition) is 3. The van der Waals surface area contributed by atoms with Crippen LogP contribution < -0.4 is 11.1 Å². The summed E-state index contributed by atoms with van der Waals surface area (Å²) in [5, 5.41) is 12.6. The lowest BCUT2D eigenvalue weighted by Gasteiger charge is -2.21. The van der Waals surface area contributed by atoms with E-state index in [0.29, 0.717) is 0 Å². The van der Waals surface area contributed by atoms with Crippen LogP contribution in [0, 0.1) is 5.82 Å². The maximum absolute atomic E-state index is 13.1. The van der Waals surface area contributed by atoms with E-state index in [1.54, 1.807) is 12.1 Å². The van der Waals surface area contributed by atoms with Crippen LogP contribution in [-0.4, -0.2) is 23.7 Å². The molecule has 110 valence electrons. The predicted octanol–water partition coefficient (Wildman–Crippen LogP) is 1.35. The summed E-state index contributed by atoms with van der Waals surface area (Å²) in [5.41, 5.74) is 6.82.